The second-order valence-electron chi connectivity index (χ2n) is 18.5. The van der Waals surface area contributed by atoms with E-state index in [-0.39, 0.29) is 5.39 Å². The highest BCUT2D eigenvalue weighted by molar-refractivity contribution is 6.25. The topological polar surface area (TPSA) is 26.3 Å². The number of hydrogen-bond acceptors (Lipinski definition) is 2. The van der Waals surface area contributed by atoms with Crippen LogP contribution in [0.3, 0.4) is 0 Å². The maximum Gasteiger partial charge on any atom is 0.143 e. The van der Waals surface area contributed by atoms with Crippen LogP contribution in [-0.4, -0.2) is 0 Å². The van der Waals surface area contributed by atoms with Gasteiger partial charge in [0, 0.05) is 32.7 Å². The Balaban J connectivity index is 0.000000191. The minimum Gasteiger partial charge on any atom is -0.456 e. The first-order chi connectivity index (χ1) is 64.3. The Morgan fingerprint density at radius 1 is 0.186 bits per heavy atom. The number of fused-ring (bicyclic) bond motifs is 12. The van der Waals surface area contributed by atoms with Gasteiger partial charge in [0.15, 0.2) is 0 Å². The molecule has 0 amide bonds. The molecule has 2 nitrogen and oxygen atoms in total. The van der Waals surface area contributed by atoms with E-state index in [1.165, 1.54) is 0 Å². The second-order valence-corrected chi connectivity index (χ2v) is 18.5. The van der Waals surface area contributed by atoms with Crippen LogP contribution in [0.2, 0.25) is 0 Å². The first kappa shape index (κ1) is 19.9. The SMILES string of the molecule is [2H]c1c([2H])c(-c2c([2H])c([2H])c([2H])c3c([2H])c([2H])c([2H])c([2H])c23)c([2H])c(-c2c3c([2H])c([2H])c([2H])c([2H])c3c(-c3c([2H])c([2H])c4c(oc5c([2H])c([2H])c([2H])c([2H])c54)c3[2H])c3c([2H])c([2H])c([2H])c([2H])c23)c1[2H].[2H]c1c([2H])c(-c2c3c([2H])c([2H])c([2H])c([2H])c3c(-c3c([2H])c([2H])c([2H])c4c3oc3c([2H])c([2H])c([2H])c([2H])c34)c3c([2H])c([2H])c([2H])c([2H])c23)c([2H])c([2H])c1-c1c([2H])c([2H])c([2H])c2c([2H])c([2H])c([2H])c([2H])c12. The van der Waals surface area contributed by atoms with Gasteiger partial charge in [-0.15, -0.1) is 0 Å². The van der Waals surface area contributed by atoms with Crippen molar-refractivity contribution in [3.8, 4) is 66.8 Å². The van der Waals surface area contributed by atoms with Crippen LogP contribution in [0.15, 0.2) is 323 Å². The molecule has 16 aromatic carbocycles. The molecule has 18 aromatic rings. The highest BCUT2D eigenvalue weighted by Gasteiger charge is 2.22. The highest BCUT2D eigenvalue weighted by Crippen LogP contribution is 2.49. The maximum absolute atomic E-state index is 9.78. The lowest BCUT2D eigenvalue weighted by atomic mass is 9.85. The Morgan fingerprint density at radius 3 is 1.08 bits per heavy atom. The Morgan fingerprint density at radius 2 is 0.523 bits per heavy atom. The monoisotopic (exact) mass is 1140 g/mol. The summed E-state index contributed by atoms with van der Waals surface area (Å²) in [5.41, 5.74) is -11.3. The van der Waals surface area contributed by atoms with Crippen LogP contribution in [0.25, 0.3) is 175 Å². The lowest BCUT2D eigenvalue weighted by Gasteiger charge is -2.18. The molecule has 400 valence electrons. The minimum atomic E-state index is -1.08. The molecule has 0 atom stereocenters. The second kappa shape index (κ2) is 20.2. The molecule has 0 spiro atoms. The number of benzene rings is 16. The molecule has 0 saturated heterocycles. The van der Waals surface area contributed by atoms with Crippen molar-refractivity contribution in [2.24, 2.45) is 0 Å². The highest BCUT2D eigenvalue weighted by atomic mass is 16.3. The third-order valence-corrected chi connectivity index (χ3v) is 13.9. The molecule has 2 heterocycles. The number of hydrogen-bond donors (Lipinski definition) is 0. The molecule has 2 heteroatoms. The fourth-order valence-corrected chi connectivity index (χ4v) is 10.3. The molecule has 0 aliphatic carbocycles. The molecular weight excluding hydrogens is 1040 g/mol. The Labute approximate surface area is 569 Å². The third-order valence-electron chi connectivity index (χ3n) is 13.9. The van der Waals surface area contributed by atoms with Gasteiger partial charge in [0.25, 0.3) is 0 Å². The summed E-state index contributed by atoms with van der Waals surface area (Å²) in [6.45, 7) is 0. The summed E-state index contributed by atoms with van der Waals surface area (Å²) in [5.74, 6) is 0. The van der Waals surface area contributed by atoms with Crippen molar-refractivity contribution in [2.45, 2.75) is 0 Å². The van der Waals surface area contributed by atoms with E-state index in [1.54, 1.807) is 0 Å². The number of para-hydroxylation sites is 3. The van der Waals surface area contributed by atoms with Gasteiger partial charge in [0.1, 0.15) is 22.3 Å². The Bertz CT molecular complexity index is 8720. The van der Waals surface area contributed by atoms with Crippen molar-refractivity contribution in [1.29, 1.82) is 0 Å². The van der Waals surface area contributed by atoms with Gasteiger partial charge in [-0.2, -0.15) is 0 Å². The smallest absolute Gasteiger partial charge is 0.143 e. The summed E-state index contributed by atoms with van der Waals surface area (Å²) in [6, 6.07) is -47.2. The van der Waals surface area contributed by atoms with Crippen molar-refractivity contribution in [1.82, 2.24) is 0 Å². The van der Waals surface area contributed by atoms with Gasteiger partial charge >= 0.3 is 0 Å². The summed E-state index contributed by atoms with van der Waals surface area (Å²) in [6.07, 6.45) is 0. The lowest BCUT2D eigenvalue weighted by Crippen LogP contribution is -1.91. The summed E-state index contributed by atoms with van der Waals surface area (Å²) in [5, 5.41) is -9.81. The van der Waals surface area contributed by atoms with E-state index in [2.05, 4.69) is 0 Å². The summed E-state index contributed by atoms with van der Waals surface area (Å²) >= 11 is 0. The largest absolute Gasteiger partial charge is 0.456 e. The first-order valence-corrected chi connectivity index (χ1v) is 25.3. The maximum atomic E-state index is 9.78. The summed E-state index contributed by atoms with van der Waals surface area (Å²) in [7, 11) is 0. The predicted molar refractivity (Wildman–Crippen MR) is 365 cm³/mol. The van der Waals surface area contributed by atoms with Crippen molar-refractivity contribution in [3.63, 3.8) is 0 Å². The Kier molecular flexibility index (Phi) is 4.69. The zero-order valence-corrected chi connectivity index (χ0v) is 42.8. The molecule has 0 unspecified atom stereocenters. The lowest BCUT2D eigenvalue weighted by molar-refractivity contribution is 0.669. The van der Waals surface area contributed by atoms with E-state index in [4.69, 9.17) is 55.4 Å². The summed E-state index contributed by atoms with van der Waals surface area (Å²) < 4.78 is 475. The van der Waals surface area contributed by atoms with Gasteiger partial charge in [-0.1, -0.05) is 284 Å². The summed E-state index contributed by atoms with van der Waals surface area (Å²) in [4.78, 5) is 0. The van der Waals surface area contributed by atoms with Gasteiger partial charge in [-0.05, 0) is 150 Å². The van der Waals surface area contributed by atoms with Crippen LogP contribution in [-0.2, 0) is 0 Å². The van der Waals surface area contributed by atoms with Crippen LogP contribution in [0.4, 0.5) is 0 Å². The minimum absolute atomic E-state index is 0.372. The standard InChI is InChI=1S/2C42H26O/c1-2-15-31-27(11-1)12-10-21-32(31)28-13-9-14-29(25-28)41-35-17-3-5-19-37(35)42(38-20-6-4-18-36(38)41)30-23-24-34-33-16-7-8-22-39(33)43-40(34)26-30;1-2-13-30-27(11-1)12-9-19-31(30)28-23-25-29(26-24-28)40-33-15-3-5-17-35(33)41(36-18-6-4-16-34(36)40)38-21-10-20-37-32-14-7-8-22-39(32)43-42(37)38/h2*1-26H/i2*1D,2D,3D,4D,5D,6D,7D,8D,9D,10D,11D,12D,13D,14D,15D,16D,17D,18D,19D,20D,21D,22D,23D,24D,25D,26D. The molecule has 0 N–H and O–H groups in total. The van der Waals surface area contributed by atoms with Crippen molar-refractivity contribution < 1.29 is 80.1 Å². The average molecular weight is 1150 g/mol. The number of rotatable bonds is 6. The van der Waals surface area contributed by atoms with Crippen LogP contribution in [0.1, 0.15) is 71.3 Å². The van der Waals surface area contributed by atoms with E-state index >= 15 is 0 Å². The van der Waals surface area contributed by atoms with Gasteiger partial charge in [-0.25, -0.2) is 0 Å². The van der Waals surface area contributed by atoms with Crippen LogP contribution in [0.5, 0.6) is 0 Å². The number of furan rings is 2. The van der Waals surface area contributed by atoms with Gasteiger partial charge in [-0.3, -0.25) is 0 Å². The van der Waals surface area contributed by atoms with Gasteiger partial charge < -0.3 is 8.83 Å². The van der Waals surface area contributed by atoms with Crippen LogP contribution in [0, 0.1) is 0 Å². The van der Waals surface area contributed by atoms with E-state index < -0.39 is 484 Å². The van der Waals surface area contributed by atoms with E-state index in [1.807, 2.05) is 0 Å². The molecule has 0 fully saturated rings. The van der Waals surface area contributed by atoms with Crippen LogP contribution < -0.4 is 0 Å². The molecular formula is C84H52O2. The fraction of sp³-hybridized carbons (Fsp3) is 0. The fourth-order valence-electron chi connectivity index (χ4n) is 10.3. The first-order valence-electron chi connectivity index (χ1n) is 51.3. The van der Waals surface area contributed by atoms with Crippen LogP contribution >= 0.6 is 0 Å². The molecule has 0 aliphatic heterocycles. The van der Waals surface area contributed by atoms with E-state index in [0.29, 0.717) is 0 Å². The quantitative estimate of drug-likeness (QED) is 0.155. The molecule has 0 radical (unpaired) electrons. The Hall–Kier alpha value is -11.3. The zero-order valence-electron chi connectivity index (χ0n) is 94.8. The van der Waals surface area contributed by atoms with Gasteiger partial charge in [0.2, 0.25) is 0 Å². The van der Waals surface area contributed by atoms with Crippen molar-refractivity contribution >= 4 is 109 Å². The van der Waals surface area contributed by atoms with Gasteiger partial charge in [0.05, 0.1) is 71.3 Å². The molecule has 2 aromatic heterocycles. The van der Waals surface area contributed by atoms with E-state index in [0.717, 1.165) is 0 Å². The van der Waals surface area contributed by atoms with Crippen molar-refractivity contribution in [3.05, 3.63) is 314 Å². The molecule has 18 rings (SSSR count). The zero-order chi connectivity index (χ0) is 102. The third kappa shape index (κ3) is 8.03. The van der Waals surface area contributed by atoms with E-state index in [9.17, 15) is 24.7 Å². The average Bonchev–Trinajstić information content (AvgIpc) is 1.00. The molecule has 0 bridgehead atoms. The molecule has 0 saturated carbocycles. The van der Waals surface area contributed by atoms with Crippen molar-refractivity contribution in [2.75, 3.05) is 0 Å². The molecule has 86 heavy (non-hydrogen) atoms. The molecule has 0 aliphatic rings. The predicted octanol–water partition coefficient (Wildman–Crippen LogP) is 24.1. The normalized spacial score (nSPS) is 20.2.